The largest absolute Gasteiger partial charge is 0.298 e. The molecule has 0 bridgehead atoms. The van der Waals surface area contributed by atoms with E-state index in [2.05, 4.69) is 26.2 Å². The molecular weight excluding hydrogens is 541 g/mol. The predicted octanol–water partition coefficient (Wildman–Crippen LogP) is 8.35. The maximum absolute atomic E-state index is 13.3. The van der Waals surface area contributed by atoms with E-state index in [9.17, 15) is 4.79 Å². The monoisotopic (exact) mass is 553 g/mol. The van der Waals surface area contributed by atoms with Crippen LogP contribution in [-0.4, -0.2) is 15.9 Å². The zero-order chi connectivity index (χ0) is 22.9. The number of hydrogen-bond donors (Lipinski definition) is 1. The highest BCUT2D eigenvalue weighted by Gasteiger charge is 2.16. The molecule has 1 amide bonds. The molecule has 0 aliphatic rings. The molecule has 0 aliphatic heterocycles. The molecule has 2 aromatic heterocycles. The van der Waals surface area contributed by atoms with Crippen LogP contribution in [0.1, 0.15) is 10.4 Å². The van der Waals surface area contributed by atoms with Crippen molar-refractivity contribution in [1.29, 1.82) is 0 Å². The van der Waals surface area contributed by atoms with Gasteiger partial charge < -0.3 is 0 Å². The van der Waals surface area contributed by atoms with Crippen molar-refractivity contribution in [3.63, 3.8) is 0 Å². The molecule has 5 rings (SSSR count). The SMILES string of the molecule is O=C(Nc1nc(-c2ccc(Br)cc2)cs1)c1cc(-c2ccc(Cl)cc2)nc2ccc(Cl)cc12. The van der Waals surface area contributed by atoms with Crippen LogP contribution in [0.4, 0.5) is 5.13 Å². The molecule has 4 nitrogen and oxygen atoms in total. The summed E-state index contributed by atoms with van der Waals surface area (Å²) in [6.07, 6.45) is 0. The number of anilines is 1. The van der Waals surface area contributed by atoms with Crippen molar-refractivity contribution in [2.45, 2.75) is 0 Å². The van der Waals surface area contributed by atoms with Crippen LogP contribution in [0.3, 0.4) is 0 Å². The van der Waals surface area contributed by atoms with Gasteiger partial charge >= 0.3 is 0 Å². The van der Waals surface area contributed by atoms with Gasteiger partial charge in [0.2, 0.25) is 0 Å². The maximum Gasteiger partial charge on any atom is 0.258 e. The van der Waals surface area contributed by atoms with Gasteiger partial charge in [-0.15, -0.1) is 11.3 Å². The predicted molar refractivity (Wildman–Crippen MR) is 140 cm³/mol. The lowest BCUT2D eigenvalue weighted by Gasteiger charge is -2.10. The van der Waals surface area contributed by atoms with Gasteiger partial charge in [0.15, 0.2) is 5.13 Å². The first-order valence-corrected chi connectivity index (χ1v) is 12.3. The van der Waals surface area contributed by atoms with Crippen molar-refractivity contribution in [2.24, 2.45) is 0 Å². The van der Waals surface area contributed by atoms with Crippen molar-refractivity contribution in [1.82, 2.24) is 9.97 Å². The van der Waals surface area contributed by atoms with E-state index < -0.39 is 0 Å². The Bertz CT molecular complexity index is 1480. The van der Waals surface area contributed by atoms with Crippen molar-refractivity contribution >= 4 is 72.4 Å². The lowest BCUT2D eigenvalue weighted by Crippen LogP contribution is -2.13. The second-order valence-electron chi connectivity index (χ2n) is 7.22. The van der Waals surface area contributed by atoms with E-state index in [0.717, 1.165) is 21.3 Å². The molecule has 0 saturated carbocycles. The zero-order valence-corrected chi connectivity index (χ0v) is 20.8. The summed E-state index contributed by atoms with van der Waals surface area (Å²) in [5.74, 6) is -0.281. The van der Waals surface area contributed by atoms with Crippen molar-refractivity contribution < 1.29 is 4.79 Å². The standard InChI is InChI=1S/C25H14BrCl2N3OS/c26-16-5-1-15(2-6-16)23-13-33-25(30-23)31-24(32)20-12-22(14-3-7-17(27)8-4-14)29-21-10-9-18(28)11-19(20)21/h1-13H,(H,30,31,32). The molecule has 0 aliphatic carbocycles. The Balaban J connectivity index is 1.51. The van der Waals surface area contributed by atoms with Gasteiger partial charge in [0.05, 0.1) is 22.5 Å². The Morgan fingerprint density at radius 2 is 1.48 bits per heavy atom. The summed E-state index contributed by atoms with van der Waals surface area (Å²) in [5.41, 5.74) is 4.44. The van der Waals surface area contributed by atoms with E-state index in [1.807, 2.05) is 47.8 Å². The highest BCUT2D eigenvalue weighted by molar-refractivity contribution is 9.10. The van der Waals surface area contributed by atoms with Crippen LogP contribution in [-0.2, 0) is 0 Å². The number of carbonyl (C=O) groups excluding carboxylic acids is 1. The number of thiazole rings is 1. The average Bonchev–Trinajstić information content (AvgIpc) is 3.27. The fraction of sp³-hybridized carbons (Fsp3) is 0. The number of halogens is 3. The molecule has 0 spiro atoms. The number of hydrogen-bond acceptors (Lipinski definition) is 4. The van der Waals surface area contributed by atoms with Crippen LogP contribution in [0.25, 0.3) is 33.4 Å². The van der Waals surface area contributed by atoms with Crippen molar-refractivity contribution in [3.8, 4) is 22.5 Å². The van der Waals surface area contributed by atoms with Gasteiger partial charge in [0.1, 0.15) is 0 Å². The number of fused-ring (bicyclic) bond motifs is 1. The van der Waals surface area contributed by atoms with Crippen molar-refractivity contribution in [3.05, 3.63) is 98.3 Å². The third-order valence-electron chi connectivity index (χ3n) is 5.02. The van der Waals surface area contributed by atoms with Gasteiger partial charge in [-0.1, -0.05) is 63.4 Å². The fourth-order valence-corrected chi connectivity index (χ4v) is 4.68. The number of nitrogens with one attached hydrogen (secondary N) is 1. The molecule has 0 saturated heterocycles. The van der Waals surface area contributed by atoms with Gasteiger partial charge in [-0.25, -0.2) is 9.97 Å². The molecule has 1 N–H and O–H groups in total. The number of amides is 1. The molecule has 0 unspecified atom stereocenters. The van der Waals surface area contributed by atoms with Crippen LogP contribution in [0, 0.1) is 0 Å². The van der Waals surface area contributed by atoms with Gasteiger partial charge in [-0.2, -0.15) is 0 Å². The number of pyridine rings is 1. The molecule has 8 heteroatoms. The van der Waals surface area contributed by atoms with E-state index in [1.54, 1.807) is 30.3 Å². The maximum atomic E-state index is 13.3. The third kappa shape index (κ3) is 4.80. The lowest BCUT2D eigenvalue weighted by atomic mass is 10.0. The Kier molecular flexibility index (Phi) is 6.17. The van der Waals surface area contributed by atoms with Crippen LogP contribution >= 0.6 is 50.5 Å². The van der Waals surface area contributed by atoms with Gasteiger partial charge in [0.25, 0.3) is 5.91 Å². The highest BCUT2D eigenvalue weighted by atomic mass is 79.9. The molecule has 0 fully saturated rings. The smallest absolute Gasteiger partial charge is 0.258 e. The highest BCUT2D eigenvalue weighted by Crippen LogP contribution is 2.30. The zero-order valence-electron chi connectivity index (χ0n) is 16.9. The van der Waals surface area contributed by atoms with Crippen molar-refractivity contribution in [2.75, 3.05) is 5.32 Å². The first-order chi connectivity index (χ1) is 16.0. The Morgan fingerprint density at radius 3 is 2.24 bits per heavy atom. The molecule has 5 aromatic rings. The summed E-state index contributed by atoms with van der Waals surface area (Å²) in [4.78, 5) is 22.6. The third-order valence-corrected chi connectivity index (χ3v) is 6.79. The average molecular weight is 555 g/mol. The number of benzene rings is 3. The second kappa shape index (κ2) is 9.23. The molecule has 162 valence electrons. The first kappa shape index (κ1) is 22.0. The number of nitrogens with zero attached hydrogens (tertiary/aromatic N) is 2. The summed E-state index contributed by atoms with van der Waals surface area (Å²) < 4.78 is 0.995. The van der Waals surface area contributed by atoms with Crippen LogP contribution in [0.2, 0.25) is 10.0 Å². The summed E-state index contributed by atoms with van der Waals surface area (Å²) in [5, 5.41) is 7.19. The van der Waals surface area contributed by atoms with Gasteiger partial charge in [-0.3, -0.25) is 10.1 Å². The molecule has 0 radical (unpaired) electrons. The molecule has 33 heavy (non-hydrogen) atoms. The Labute approximate surface area is 212 Å². The van der Waals surface area contributed by atoms with Crippen LogP contribution < -0.4 is 5.32 Å². The molecule has 2 heterocycles. The topological polar surface area (TPSA) is 54.9 Å². The summed E-state index contributed by atoms with van der Waals surface area (Å²) >= 11 is 17.1. The number of carbonyl (C=O) groups is 1. The number of aromatic nitrogens is 2. The van der Waals surface area contributed by atoms with Gasteiger partial charge in [-0.05, 0) is 48.5 Å². The Hall–Kier alpha value is -2.77. The van der Waals surface area contributed by atoms with E-state index in [-0.39, 0.29) is 5.91 Å². The van der Waals surface area contributed by atoms with E-state index in [4.69, 9.17) is 28.2 Å². The lowest BCUT2D eigenvalue weighted by molar-refractivity contribution is 0.102. The normalized spacial score (nSPS) is 11.0. The molecule has 0 atom stereocenters. The Morgan fingerprint density at radius 1 is 0.818 bits per heavy atom. The van der Waals surface area contributed by atoms with E-state index in [1.165, 1.54) is 11.3 Å². The van der Waals surface area contributed by atoms with Crippen LogP contribution in [0.15, 0.2) is 82.6 Å². The van der Waals surface area contributed by atoms with E-state index >= 15 is 0 Å². The molecule has 3 aromatic carbocycles. The molecular formula is C25H14BrCl2N3OS. The summed E-state index contributed by atoms with van der Waals surface area (Å²) in [6.45, 7) is 0. The van der Waals surface area contributed by atoms with E-state index in [0.29, 0.717) is 37.3 Å². The minimum absolute atomic E-state index is 0.281. The summed E-state index contributed by atoms with van der Waals surface area (Å²) in [6, 6.07) is 22.3. The summed E-state index contributed by atoms with van der Waals surface area (Å²) in [7, 11) is 0. The minimum Gasteiger partial charge on any atom is -0.298 e. The fourth-order valence-electron chi connectivity index (χ4n) is 3.40. The number of rotatable bonds is 4. The van der Waals surface area contributed by atoms with Gasteiger partial charge in [0, 0.05) is 36.4 Å². The second-order valence-corrected chi connectivity index (χ2v) is 9.87. The first-order valence-electron chi connectivity index (χ1n) is 9.85. The minimum atomic E-state index is -0.281. The quantitative estimate of drug-likeness (QED) is 0.243. The van der Waals surface area contributed by atoms with Crippen LogP contribution in [0.5, 0.6) is 0 Å².